The van der Waals surface area contributed by atoms with E-state index in [1.807, 2.05) is 31.2 Å². The summed E-state index contributed by atoms with van der Waals surface area (Å²) in [4.78, 5) is 8.60. The highest BCUT2D eigenvalue weighted by molar-refractivity contribution is 5.62. The van der Waals surface area contributed by atoms with Gasteiger partial charge in [0.1, 0.15) is 0 Å². The fourth-order valence-electron chi connectivity index (χ4n) is 2.06. The molecule has 1 N–H and O–H groups in total. The molecule has 0 fully saturated rings. The third-order valence-electron chi connectivity index (χ3n) is 3.12. The molecular formula is C16H20FN3O. The molecule has 0 radical (unpaired) electrons. The van der Waals surface area contributed by atoms with Gasteiger partial charge >= 0.3 is 0 Å². The van der Waals surface area contributed by atoms with Crippen molar-refractivity contribution in [2.45, 2.75) is 26.9 Å². The Morgan fingerprint density at radius 2 is 2.00 bits per heavy atom. The number of anilines is 1. The van der Waals surface area contributed by atoms with Crippen molar-refractivity contribution in [3.8, 4) is 11.4 Å². The number of hydrogen-bond donors (Lipinski definition) is 1. The minimum atomic E-state index is -0.392. The first-order valence-electron chi connectivity index (χ1n) is 7.02. The van der Waals surface area contributed by atoms with Crippen molar-refractivity contribution in [2.24, 2.45) is 0 Å². The number of nitrogens with zero attached hydrogens (tertiary/aromatic N) is 2. The number of nitrogens with one attached hydrogen (secondary N) is 1. The smallest absolute Gasteiger partial charge is 0.186 e. The SMILES string of the molecule is CCCNc1nc(-c2ccccc2COC)nc(C)c1F. The van der Waals surface area contributed by atoms with Crippen LogP contribution >= 0.6 is 0 Å². The largest absolute Gasteiger partial charge is 0.380 e. The first-order valence-corrected chi connectivity index (χ1v) is 7.02. The van der Waals surface area contributed by atoms with E-state index < -0.39 is 5.82 Å². The fraction of sp³-hybridized carbons (Fsp3) is 0.375. The summed E-state index contributed by atoms with van der Waals surface area (Å²) >= 11 is 0. The minimum absolute atomic E-state index is 0.256. The van der Waals surface area contributed by atoms with Gasteiger partial charge in [0.15, 0.2) is 17.5 Å². The highest BCUT2D eigenvalue weighted by Crippen LogP contribution is 2.24. The van der Waals surface area contributed by atoms with Gasteiger partial charge in [0, 0.05) is 19.2 Å². The van der Waals surface area contributed by atoms with Crippen molar-refractivity contribution in [3.05, 3.63) is 41.3 Å². The fourth-order valence-corrected chi connectivity index (χ4v) is 2.06. The maximum atomic E-state index is 14.1. The number of halogens is 1. The maximum absolute atomic E-state index is 14.1. The van der Waals surface area contributed by atoms with Gasteiger partial charge in [-0.25, -0.2) is 14.4 Å². The molecule has 1 aromatic heterocycles. The maximum Gasteiger partial charge on any atom is 0.186 e. The van der Waals surface area contributed by atoms with Crippen LogP contribution in [-0.4, -0.2) is 23.6 Å². The number of aryl methyl sites for hydroxylation is 1. The van der Waals surface area contributed by atoms with E-state index in [4.69, 9.17) is 4.74 Å². The molecule has 0 spiro atoms. The van der Waals surface area contributed by atoms with Crippen LogP contribution in [0.5, 0.6) is 0 Å². The zero-order valence-corrected chi connectivity index (χ0v) is 12.6. The summed E-state index contributed by atoms with van der Waals surface area (Å²) in [5, 5.41) is 3.01. The highest BCUT2D eigenvalue weighted by Gasteiger charge is 2.14. The van der Waals surface area contributed by atoms with Gasteiger partial charge in [-0.1, -0.05) is 31.2 Å². The van der Waals surface area contributed by atoms with Crippen molar-refractivity contribution in [1.29, 1.82) is 0 Å². The second kappa shape index (κ2) is 7.13. The summed E-state index contributed by atoms with van der Waals surface area (Å²) in [6.07, 6.45) is 0.901. The van der Waals surface area contributed by atoms with Crippen LogP contribution in [0.3, 0.4) is 0 Å². The Balaban J connectivity index is 2.46. The van der Waals surface area contributed by atoms with E-state index >= 15 is 0 Å². The molecule has 0 aliphatic carbocycles. The molecule has 21 heavy (non-hydrogen) atoms. The summed E-state index contributed by atoms with van der Waals surface area (Å²) in [7, 11) is 1.64. The number of hydrogen-bond acceptors (Lipinski definition) is 4. The van der Waals surface area contributed by atoms with E-state index in [1.165, 1.54) is 0 Å². The molecule has 0 amide bonds. The number of rotatable bonds is 6. The quantitative estimate of drug-likeness (QED) is 0.883. The summed E-state index contributed by atoms with van der Waals surface area (Å²) in [5.74, 6) is 0.378. The van der Waals surface area contributed by atoms with Crippen LogP contribution in [0.1, 0.15) is 24.6 Å². The summed E-state index contributed by atoms with van der Waals surface area (Å²) < 4.78 is 19.3. The van der Waals surface area contributed by atoms with Crippen LogP contribution in [-0.2, 0) is 11.3 Å². The molecule has 5 heteroatoms. The van der Waals surface area contributed by atoms with Gasteiger partial charge in [0.05, 0.1) is 12.3 Å². The topological polar surface area (TPSA) is 47.0 Å². The molecule has 2 rings (SSSR count). The molecule has 0 aliphatic rings. The molecule has 0 bridgehead atoms. The lowest BCUT2D eigenvalue weighted by atomic mass is 10.1. The van der Waals surface area contributed by atoms with Crippen molar-refractivity contribution < 1.29 is 9.13 Å². The van der Waals surface area contributed by atoms with Crippen LogP contribution in [0.2, 0.25) is 0 Å². The average molecular weight is 289 g/mol. The molecule has 0 atom stereocenters. The van der Waals surface area contributed by atoms with Crippen LogP contribution in [0, 0.1) is 12.7 Å². The molecule has 0 unspecified atom stereocenters. The lowest BCUT2D eigenvalue weighted by molar-refractivity contribution is 0.185. The molecule has 1 aromatic carbocycles. The molecule has 1 heterocycles. The second-order valence-electron chi connectivity index (χ2n) is 4.81. The standard InChI is InChI=1S/C16H20FN3O/c1-4-9-18-16-14(17)11(2)19-15(20-16)13-8-6-5-7-12(13)10-21-3/h5-8H,4,9-10H2,1-3H3,(H,18,19,20). The number of ether oxygens (including phenoxy) is 1. The van der Waals surface area contributed by atoms with E-state index in [0.29, 0.717) is 24.7 Å². The van der Waals surface area contributed by atoms with Crippen LogP contribution < -0.4 is 5.32 Å². The highest BCUT2D eigenvalue weighted by atomic mass is 19.1. The van der Waals surface area contributed by atoms with E-state index in [-0.39, 0.29) is 5.82 Å². The average Bonchev–Trinajstić information content (AvgIpc) is 2.49. The van der Waals surface area contributed by atoms with Gasteiger partial charge in [-0.15, -0.1) is 0 Å². The number of aromatic nitrogens is 2. The van der Waals surface area contributed by atoms with E-state index in [0.717, 1.165) is 17.5 Å². The van der Waals surface area contributed by atoms with E-state index in [2.05, 4.69) is 15.3 Å². The van der Waals surface area contributed by atoms with Crippen molar-refractivity contribution in [3.63, 3.8) is 0 Å². The monoisotopic (exact) mass is 289 g/mol. The van der Waals surface area contributed by atoms with Gasteiger partial charge in [-0.3, -0.25) is 0 Å². The van der Waals surface area contributed by atoms with Crippen molar-refractivity contribution in [2.75, 3.05) is 19.0 Å². The van der Waals surface area contributed by atoms with Crippen molar-refractivity contribution >= 4 is 5.82 Å². The summed E-state index contributed by atoms with van der Waals surface area (Å²) in [6.45, 7) is 4.81. The van der Waals surface area contributed by atoms with E-state index in [1.54, 1.807) is 14.0 Å². The predicted molar refractivity (Wildman–Crippen MR) is 81.7 cm³/mol. The Bertz CT molecular complexity index is 616. The lowest BCUT2D eigenvalue weighted by Gasteiger charge is -2.12. The third-order valence-corrected chi connectivity index (χ3v) is 3.12. The minimum Gasteiger partial charge on any atom is -0.380 e. The van der Waals surface area contributed by atoms with Crippen LogP contribution in [0.15, 0.2) is 24.3 Å². The molecule has 0 saturated carbocycles. The molecule has 4 nitrogen and oxygen atoms in total. The van der Waals surface area contributed by atoms with Gasteiger partial charge in [-0.05, 0) is 18.9 Å². The zero-order valence-electron chi connectivity index (χ0n) is 12.6. The Hall–Kier alpha value is -2.01. The summed E-state index contributed by atoms with van der Waals surface area (Å²) in [6, 6.07) is 7.73. The van der Waals surface area contributed by atoms with Crippen LogP contribution in [0.25, 0.3) is 11.4 Å². The Labute approximate surface area is 124 Å². The van der Waals surface area contributed by atoms with Gasteiger partial charge in [0.2, 0.25) is 0 Å². The first-order chi connectivity index (χ1) is 10.2. The molecule has 2 aromatic rings. The number of methoxy groups -OCH3 is 1. The number of benzene rings is 1. The predicted octanol–water partition coefficient (Wildman–Crippen LogP) is 3.56. The summed E-state index contributed by atoms with van der Waals surface area (Å²) in [5.41, 5.74) is 2.18. The third kappa shape index (κ3) is 3.55. The van der Waals surface area contributed by atoms with Gasteiger partial charge < -0.3 is 10.1 Å². The van der Waals surface area contributed by atoms with E-state index in [9.17, 15) is 4.39 Å². The molecular weight excluding hydrogens is 269 g/mol. The van der Waals surface area contributed by atoms with Crippen LogP contribution in [0.4, 0.5) is 10.2 Å². The van der Waals surface area contributed by atoms with Gasteiger partial charge in [0.25, 0.3) is 0 Å². The van der Waals surface area contributed by atoms with Gasteiger partial charge in [-0.2, -0.15) is 0 Å². The first kappa shape index (κ1) is 15.4. The zero-order chi connectivity index (χ0) is 15.2. The molecule has 112 valence electrons. The Kier molecular flexibility index (Phi) is 5.22. The Morgan fingerprint density at radius 3 is 2.71 bits per heavy atom. The Morgan fingerprint density at radius 1 is 1.24 bits per heavy atom. The molecule has 0 aliphatic heterocycles. The second-order valence-corrected chi connectivity index (χ2v) is 4.81. The molecule has 0 saturated heterocycles. The lowest BCUT2D eigenvalue weighted by Crippen LogP contribution is -2.08. The normalized spacial score (nSPS) is 10.7. The van der Waals surface area contributed by atoms with Crippen molar-refractivity contribution in [1.82, 2.24) is 9.97 Å².